The summed E-state index contributed by atoms with van der Waals surface area (Å²) in [5, 5.41) is 4.75. The van der Waals surface area contributed by atoms with Gasteiger partial charge >= 0.3 is 0 Å². The molecule has 1 aliphatic carbocycles. The quantitative estimate of drug-likeness (QED) is 0.841. The van der Waals surface area contributed by atoms with Gasteiger partial charge in [-0.1, -0.05) is 53.5 Å². The van der Waals surface area contributed by atoms with Gasteiger partial charge in [0.25, 0.3) is 0 Å². The third kappa shape index (κ3) is 2.14. The zero-order valence-electron chi connectivity index (χ0n) is 11.4. The second kappa shape index (κ2) is 5.40. The van der Waals surface area contributed by atoms with Crippen LogP contribution in [0.3, 0.4) is 0 Å². The summed E-state index contributed by atoms with van der Waals surface area (Å²) in [4.78, 5) is 0. The second-order valence-electron chi connectivity index (χ2n) is 5.29. The molecule has 0 bridgehead atoms. The smallest absolute Gasteiger partial charge is 0.0691 e. The fourth-order valence-corrected chi connectivity index (χ4v) is 3.60. The van der Waals surface area contributed by atoms with Crippen LogP contribution in [0.5, 0.6) is 0 Å². The van der Waals surface area contributed by atoms with Crippen LogP contribution in [0, 0.1) is 0 Å². The molecule has 1 nitrogen and oxygen atoms in total. The first kappa shape index (κ1) is 13.9. The van der Waals surface area contributed by atoms with Gasteiger partial charge in [-0.2, -0.15) is 0 Å². The molecular weight excluding hydrogens is 289 g/mol. The Labute approximate surface area is 129 Å². The minimum absolute atomic E-state index is 0.164. The molecule has 1 atom stereocenters. The van der Waals surface area contributed by atoms with E-state index < -0.39 is 0 Å². The lowest BCUT2D eigenvalue weighted by molar-refractivity contribution is 0.370. The normalized spacial score (nSPS) is 21.6. The Bertz CT molecular complexity index is 639. The molecule has 1 unspecified atom stereocenters. The Morgan fingerprint density at radius 3 is 2.60 bits per heavy atom. The summed E-state index contributed by atoms with van der Waals surface area (Å²) in [6, 6.07) is 14.6. The number of hydrogen-bond acceptors (Lipinski definition) is 1. The average Bonchev–Trinajstić information content (AvgIpc) is 2.49. The molecule has 0 aromatic heterocycles. The number of aryl methyl sites for hydroxylation is 1. The fourth-order valence-electron chi connectivity index (χ4n) is 3.30. The minimum atomic E-state index is -0.164. The summed E-state index contributed by atoms with van der Waals surface area (Å²) in [5.41, 5.74) is 3.79. The first-order chi connectivity index (χ1) is 9.67. The number of halogens is 2. The SMILES string of the molecule is CNC1(c2ccc(Cl)c(Cl)c2)CCCc2ccccc21. The van der Waals surface area contributed by atoms with E-state index >= 15 is 0 Å². The topological polar surface area (TPSA) is 12.0 Å². The van der Waals surface area contributed by atoms with Crippen molar-refractivity contribution in [3.05, 3.63) is 69.2 Å². The maximum atomic E-state index is 6.22. The molecule has 0 spiro atoms. The molecule has 2 aromatic carbocycles. The molecule has 3 rings (SSSR count). The molecule has 0 amide bonds. The van der Waals surface area contributed by atoms with Crippen molar-refractivity contribution in [1.82, 2.24) is 5.32 Å². The lowest BCUT2D eigenvalue weighted by atomic mass is 9.72. The Hall–Kier alpha value is -1.02. The van der Waals surface area contributed by atoms with Crippen LogP contribution in [0.4, 0.5) is 0 Å². The highest BCUT2D eigenvalue weighted by Gasteiger charge is 2.36. The number of nitrogens with one attached hydrogen (secondary N) is 1. The van der Waals surface area contributed by atoms with Crippen LogP contribution in [0.25, 0.3) is 0 Å². The summed E-state index contributed by atoms with van der Waals surface area (Å²) in [6.45, 7) is 0. The Balaban J connectivity index is 2.20. The molecule has 1 N–H and O–H groups in total. The van der Waals surface area contributed by atoms with Gasteiger partial charge in [0.2, 0.25) is 0 Å². The van der Waals surface area contributed by atoms with E-state index in [1.54, 1.807) is 0 Å². The van der Waals surface area contributed by atoms with Crippen molar-refractivity contribution >= 4 is 23.2 Å². The number of rotatable bonds is 2. The second-order valence-corrected chi connectivity index (χ2v) is 6.11. The van der Waals surface area contributed by atoms with Crippen LogP contribution in [-0.4, -0.2) is 7.05 Å². The zero-order valence-corrected chi connectivity index (χ0v) is 12.9. The van der Waals surface area contributed by atoms with E-state index in [9.17, 15) is 0 Å². The van der Waals surface area contributed by atoms with Gasteiger partial charge in [-0.15, -0.1) is 0 Å². The predicted octanol–water partition coefficient (Wildman–Crippen LogP) is 4.79. The Morgan fingerprint density at radius 1 is 1.05 bits per heavy atom. The van der Waals surface area contributed by atoms with Crippen LogP contribution in [0.2, 0.25) is 10.0 Å². The van der Waals surface area contributed by atoms with Crippen molar-refractivity contribution in [2.24, 2.45) is 0 Å². The summed E-state index contributed by atoms with van der Waals surface area (Å²) >= 11 is 12.3. The lowest BCUT2D eigenvalue weighted by Gasteiger charge is -2.40. The largest absolute Gasteiger partial charge is 0.307 e. The zero-order chi connectivity index (χ0) is 14.2. The molecular formula is C17H17Cl2N. The van der Waals surface area contributed by atoms with E-state index in [1.165, 1.54) is 16.7 Å². The highest BCUT2D eigenvalue weighted by molar-refractivity contribution is 6.42. The van der Waals surface area contributed by atoms with E-state index in [2.05, 4.69) is 35.6 Å². The highest BCUT2D eigenvalue weighted by Crippen LogP contribution is 2.41. The van der Waals surface area contributed by atoms with Gasteiger partial charge in [-0.05, 0) is 55.1 Å². The first-order valence-electron chi connectivity index (χ1n) is 6.90. The summed E-state index contributed by atoms with van der Waals surface area (Å²) in [7, 11) is 2.02. The van der Waals surface area contributed by atoms with Crippen LogP contribution in [0.15, 0.2) is 42.5 Å². The lowest BCUT2D eigenvalue weighted by Crippen LogP contribution is -2.43. The predicted molar refractivity (Wildman–Crippen MR) is 85.7 cm³/mol. The molecule has 0 radical (unpaired) electrons. The van der Waals surface area contributed by atoms with E-state index in [-0.39, 0.29) is 5.54 Å². The molecule has 0 heterocycles. The van der Waals surface area contributed by atoms with E-state index in [0.717, 1.165) is 19.3 Å². The first-order valence-corrected chi connectivity index (χ1v) is 7.66. The van der Waals surface area contributed by atoms with Gasteiger partial charge in [0.05, 0.1) is 15.6 Å². The van der Waals surface area contributed by atoms with Crippen molar-refractivity contribution in [2.45, 2.75) is 24.8 Å². The molecule has 2 aromatic rings. The van der Waals surface area contributed by atoms with Gasteiger partial charge in [0.15, 0.2) is 0 Å². The molecule has 0 saturated carbocycles. The Kier molecular flexibility index (Phi) is 3.76. The van der Waals surface area contributed by atoms with Crippen LogP contribution >= 0.6 is 23.2 Å². The monoisotopic (exact) mass is 305 g/mol. The molecule has 0 saturated heterocycles. The number of fused-ring (bicyclic) bond motifs is 1. The third-order valence-electron chi connectivity index (χ3n) is 4.31. The van der Waals surface area contributed by atoms with Crippen LogP contribution in [0.1, 0.15) is 29.5 Å². The molecule has 0 aliphatic heterocycles. The fraction of sp³-hybridized carbons (Fsp3) is 0.294. The number of benzene rings is 2. The molecule has 3 heteroatoms. The highest BCUT2D eigenvalue weighted by atomic mass is 35.5. The van der Waals surface area contributed by atoms with E-state index in [4.69, 9.17) is 23.2 Å². The summed E-state index contributed by atoms with van der Waals surface area (Å²) in [5.74, 6) is 0. The van der Waals surface area contributed by atoms with E-state index in [1.807, 2.05) is 19.2 Å². The van der Waals surface area contributed by atoms with Crippen molar-refractivity contribution in [2.75, 3.05) is 7.05 Å². The average molecular weight is 306 g/mol. The van der Waals surface area contributed by atoms with Crippen LogP contribution in [-0.2, 0) is 12.0 Å². The maximum absolute atomic E-state index is 6.22. The van der Waals surface area contributed by atoms with Crippen molar-refractivity contribution in [3.63, 3.8) is 0 Å². The van der Waals surface area contributed by atoms with E-state index in [0.29, 0.717) is 10.0 Å². The standard InChI is InChI=1S/C17H17Cl2N/c1-20-17(13-8-9-15(18)16(19)11-13)10-4-6-12-5-2-3-7-14(12)17/h2-3,5,7-9,11,20H,4,6,10H2,1H3. The van der Waals surface area contributed by atoms with Gasteiger partial charge in [0.1, 0.15) is 0 Å². The number of hydrogen-bond donors (Lipinski definition) is 1. The van der Waals surface area contributed by atoms with Crippen LogP contribution < -0.4 is 5.32 Å². The third-order valence-corrected chi connectivity index (χ3v) is 5.05. The molecule has 104 valence electrons. The Morgan fingerprint density at radius 2 is 1.85 bits per heavy atom. The van der Waals surface area contributed by atoms with Gasteiger partial charge in [0, 0.05) is 0 Å². The molecule has 20 heavy (non-hydrogen) atoms. The van der Waals surface area contributed by atoms with Gasteiger partial charge in [-0.3, -0.25) is 0 Å². The molecule has 1 aliphatic rings. The summed E-state index contributed by atoms with van der Waals surface area (Å²) < 4.78 is 0. The maximum Gasteiger partial charge on any atom is 0.0691 e. The van der Waals surface area contributed by atoms with Crippen molar-refractivity contribution in [3.8, 4) is 0 Å². The van der Waals surface area contributed by atoms with Gasteiger partial charge in [-0.25, -0.2) is 0 Å². The molecule has 0 fully saturated rings. The van der Waals surface area contributed by atoms with Crippen molar-refractivity contribution < 1.29 is 0 Å². The van der Waals surface area contributed by atoms with Crippen molar-refractivity contribution in [1.29, 1.82) is 0 Å². The minimum Gasteiger partial charge on any atom is -0.307 e. The van der Waals surface area contributed by atoms with Gasteiger partial charge < -0.3 is 5.32 Å². The summed E-state index contributed by atoms with van der Waals surface area (Å²) in [6.07, 6.45) is 3.37.